The molecular formula is C20H18IN3O3. The molecule has 7 heteroatoms. The Labute approximate surface area is 170 Å². The summed E-state index contributed by atoms with van der Waals surface area (Å²) in [4.78, 5) is 42.3. The van der Waals surface area contributed by atoms with Crippen LogP contribution in [-0.4, -0.2) is 34.8 Å². The lowest BCUT2D eigenvalue weighted by atomic mass is 9.95. The van der Waals surface area contributed by atoms with Gasteiger partial charge in [0.1, 0.15) is 0 Å². The summed E-state index contributed by atoms with van der Waals surface area (Å²) in [6.45, 7) is 2.16. The number of para-hydroxylation sites is 1. The molecule has 2 aromatic carbocycles. The Hall–Kier alpha value is -2.42. The molecule has 2 heterocycles. The lowest BCUT2D eigenvalue weighted by Crippen LogP contribution is -2.69. The molecule has 138 valence electrons. The van der Waals surface area contributed by atoms with Crippen molar-refractivity contribution in [2.24, 2.45) is 0 Å². The van der Waals surface area contributed by atoms with Crippen LogP contribution in [0.25, 0.3) is 0 Å². The van der Waals surface area contributed by atoms with E-state index in [-0.39, 0.29) is 30.6 Å². The monoisotopic (exact) mass is 475 g/mol. The zero-order valence-electron chi connectivity index (χ0n) is 14.7. The highest BCUT2D eigenvalue weighted by Crippen LogP contribution is 2.44. The van der Waals surface area contributed by atoms with Gasteiger partial charge in [0.15, 0.2) is 0 Å². The van der Waals surface area contributed by atoms with Crippen LogP contribution in [0.2, 0.25) is 0 Å². The van der Waals surface area contributed by atoms with Crippen LogP contribution in [0.5, 0.6) is 0 Å². The molecule has 0 aromatic heterocycles. The van der Waals surface area contributed by atoms with Crippen LogP contribution < -0.4 is 10.2 Å². The first kappa shape index (κ1) is 18.0. The van der Waals surface area contributed by atoms with E-state index < -0.39 is 5.66 Å². The van der Waals surface area contributed by atoms with E-state index in [9.17, 15) is 14.4 Å². The standard InChI is InChI=1S/C20H18IN3O3/c1-2-23-18(26)15-5-3-4-6-16(15)24-17(25)11-12-20(23,24)19(27)22-14-9-7-13(21)8-10-14/h3-10H,2,11-12H2,1H3,(H,22,27)/t20-/m0/s1. The summed E-state index contributed by atoms with van der Waals surface area (Å²) in [5.41, 5.74) is 0.261. The van der Waals surface area contributed by atoms with Gasteiger partial charge < -0.3 is 10.2 Å². The van der Waals surface area contributed by atoms with E-state index in [1.165, 1.54) is 9.80 Å². The molecule has 0 bridgehead atoms. The van der Waals surface area contributed by atoms with Crippen molar-refractivity contribution >= 4 is 51.7 Å². The second-order valence-corrected chi connectivity index (χ2v) is 7.82. The largest absolute Gasteiger partial charge is 0.322 e. The van der Waals surface area contributed by atoms with Crippen molar-refractivity contribution in [2.75, 3.05) is 16.8 Å². The lowest BCUT2D eigenvalue weighted by Gasteiger charge is -2.48. The van der Waals surface area contributed by atoms with Gasteiger partial charge in [-0.2, -0.15) is 0 Å². The molecule has 27 heavy (non-hydrogen) atoms. The second kappa shape index (κ2) is 6.63. The molecule has 4 rings (SSSR count). The summed E-state index contributed by atoms with van der Waals surface area (Å²) in [6.07, 6.45) is 0.494. The smallest absolute Gasteiger partial charge is 0.271 e. The van der Waals surface area contributed by atoms with Crippen molar-refractivity contribution in [2.45, 2.75) is 25.4 Å². The Bertz CT molecular complexity index is 944. The quantitative estimate of drug-likeness (QED) is 0.694. The molecule has 3 amide bonds. The highest BCUT2D eigenvalue weighted by Gasteiger charge is 2.60. The van der Waals surface area contributed by atoms with Gasteiger partial charge >= 0.3 is 0 Å². The average Bonchev–Trinajstić information content (AvgIpc) is 3.02. The number of likely N-dealkylation sites (N-methyl/N-ethyl adjacent to an activating group) is 1. The molecule has 0 aliphatic carbocycles. The zero-order chi connectivity index (χ0) is 19.2. The van der Waals surface area contributed by atoms with Gasteiger partial charge in [-0.05, 0) is 65.9 Å². The summed E-state index contributed by atoms with van der Waals surface area (Å²) in [5.74, 6) is -0.734. The van der Waals surface area contributed by atoms with Gasteiger partial charge in [0.2, 0.25) is 11.6 Å². The van der Waals surface area contributed by atoms with Gasteiger partial charge in [-0.25, -0.2) is 0 Å². The highest BCUT2D eigenvalue weighted by molar-refractivity contribution is 14.1. The SMILES string of the molecule is CCN1C(=O)c2ccccc2N2C(=O)CC[C@]12C(=O)Nc1ccc(I)cc1. The van der Waals surface area contributed by atoms with Crippen molar-refractivity contribution in [1.29, 1.82) is 0 Å². The normalized spacial score (nSPS) is 21.1. The topological polar surface area (TPSA) is 69.7 Å². The van der Waals surface area contributed by atoms with Crippen molar-refractivity contribution < 1.29 is 14.4 Å². The number of anilines is 2. The predicted octanol–water partition coefficient (Wildman–Crippen LogP) is 3.23. The van der Waals surface area contributed by atoms with Gasteiger partial charge in [-0.15, -0.1) is 0 Å². The molecule has 0 spiro atoms. The number of rotatable bonds is 3. The summed E-state index contributed by atoms with van der Waals surface area (Å²) < 4.78 is 1.05. The number of fused-ring (bicyclic) bond motifs is 3. The van der Waals surface area contributed by atoms with Gasteiger partial charge in [0.05, 0.1) is 11.3 Å². The Balaban J connectivity index is 1.82. The fourth-order valence-electron chi connectivity index (χ4n) is 3.97. The molecule has 1 saturated heterocycles. The minimum absolute atomic E-state index is 0.147. The maximum Gasteiger partial charge on any atom is 0.271 e. The Kier molecular flexibility index (Phi) is 4.41. The van der Waals surface area contributed by atoms with Gasteiger partial charge in [0, 0.05) is 28.6 Å². The number of hydrogen-bond acceptors (Lipinski definition) is 3. The van der Waals surface area contributed by atoms with Crippen LogP contribution in [0.3, 0.4) is 0 Å². The molecule has 0 unspecified atom stereocenters. The molecule has 1 fully saturated rings. The molecule has 6 nitrogen and oxygen atoms in total. The van der Waals surface area contributed by atoms with E-state index in [1.807, 2.05) is 31.2 Å². The first-order chi connectivity index (χ1) is 13.0. The van der Waals surface area contributed by atoms with Crippen LogP contribution in [0.1, 0.15) is 30.1 Å². The van der Waals surface area contributed by atoms with Gasteiger partial charge in [-0.3, -0.25) is 19.3 Å². The average molecular weight is 475 g/mol. The molecule has 1 atom stereocenters. The third kappa shape index (κ3) is 2.63. The lowest BCUT2D eigenvalue weighted by molar-refractivity contribution is -0.128. The Morgan fingerprint density at radius 1 is 1.15 bits per heavy atom. The fraction of sp³-hybridized carbons (Fsp3) is 0.250. The predicted molar refractivity (Wildman–Crippen MR) is 110 cm³/mol. The number of nitrogens with zero attached hydrogens (tertiary/aromatic N) is 2. The van der Waals surface area contributed by atoms with Crippen LogP contribution in [0.4, 0.5) is 11.4 Å². The first-order valence-electron chi connectivity index (χ1n) is 8.80. The number of carbonyl (C=O) groups is 3. The second-order valence-electron chi connectivity index (χ2n) is 6.57. The summed E-state index contributed by atoms with van der Waals surface area (Å²) in [6, 6.07) is 14.4. The first-order valence-corrected chi connectivity index (χ1v) is 9.88. The molecule has 1 N–H and O–H groups in total. The number of hydrogen-bond donors (Lipinski definition) is 1. The molecule has 2 aliphatic heterocycles. The molecule has 0 radical (unpaired) electrons. The summed E-state index contributed by atoms with van der Waals surface area (Å²) in [5, 5.41) is 2.91. The van der Waals surface area contributed by atoms with E-state index in [2.05, 4.69) is 27.9 Å². The number of benzene rings is 2. The van der Waals surface area contributed by atoms with E-state index in [1.54, 1.807) is 24.3 Å². The summed E-state index contributed by atoms with van der Waals surface area (Å²) >= 11 is 2.19. The van der Waals surface area contributed by atoms with Gasteiger partial charge in [0.25, 0.3) is 11.8 Å². The number of nitrogens with one attached hydrogen (secondary N) is 1. The van der Waals surface area contributed by atoms with E-state index in [0.717, 1.165) is 3.57 Å². The number of carbonyl (C=O) groups excluding carboxylic acids is 3. The fourth-order valence-corrected chi connectivity index (χ4v) is 4.33. The molecular weight excluding hydrogens is 457 g/mol. The van der Waals surface area contributed by atoms with Crippen molar-refractivity contribution in [1.82, 2.24) is 4.90 Å². The van der Waals surface area contributed by atoms with E-state index in [4.69, 9.17) is 0 Å². The zero-order valence-corrected chi connectivity index (χ0v) is 16.9. The molecule has 0 saturated carbocycles. The summed E-state index contributed by atoms with van der Waals surface area (Å²) in [7, 11) is 0. The van der Waals surface area contributed by atoms with Crippen LogP contribution >= 0.6 is 22.6 Å². The molecule has 2 aromatic rings. The maximum atomic E-state index is 13.4. The van der Waals surface area contributed by atoms with E-state index >= 15 is 0 Å². The minimum Gasteiger partial charge on any atom is -0.322 e. The third-order valence-electron chi connectivity index (χ3n) is 5.16. The van der Waals surface area contributed by atoms with Crippen molar-refractivity contribution in [3.63, 3.8) is 0 Å². The van der Waals surface area contributed by atoms with E-state index in [0.29, 0.717) is 23.5 Å². The highest BCUT2D eigenvalue weighted by atomic mass is 127. The van der Waals surface area contributed by atoms with Gasteiger partial charge in [-0.1, -0.05) is 12.1 Å². The number of amides is 3. The van der Waals surface area contributed by atoms with Crippen LogP contribution in [-0.2, 0) is 9.59 Å². The number of halogens is 1. The Morgan fingerprint density at radius 3 is 2.56 bits per heavy atom. The maximum absolute atomic E-state index is 13.4. The van der Waals surface area contributed by atoms with Crippen LogP contribution in [0, 0.1) is 3.57 Å². The third-order valence-corrected chi connectivity index (χ3v) is 5.87. The van der Waals surface area contributed by atoms with Crippen molar-refractivity contribution in [3.8, 4) is 0 Å². The Morgan fingerprint density at radius 2 is 1.85 bits per heavy atom. The minimum atomic E-state index is -1.33. The molecule has 2 aliphatic rings. The van der Waals surface area contributed by atoms with Crippen molar-refractivity contribution in [3.05, 3.63) is 57.7 Å². The van der Waals surface area contributed by atoms with Crippen LogP contribution in [0.15, 0.2) is 48.5 Å².